The molecule has 0 aromatic heterocycles. The van der Waals surface area contributed by atoms with Crippen LogP contribution >= 0.6 is 0 Å². The first-order valence-electron chi connectivity index (χ1n) is 8.27. The molecular weight excluding hydrogens is 278 g/mol. The smallest absolute Gasteiger partial charge is 0.308 e. The molecule has 3 aliphatic rings. The van der Waals surface area contributed by atoms with E-state index in [1.165, 1.54) is 17.5 Å². The summed E-state index contributed by atoms with van der Waals surface area (Å²) in [5, 5.41) is 9.42. The molecule has 2 fully saturated rings. The van der Waals surface area contributed by atoms with Gasteiger partial charge in [0, 0.05) is 18.7 Å². The van der Waals surface area contributed by atoms with Crippen molar-refractivity contribution in [2.45, 2.75) is 32.1 Å². The van der Waals surface area contributed by atoms with E-state index in [1.54, 1.807) is 4.90 Å². The summed E-state index contributed by atoms with van der Waals surface area (Å²) in [5.41, 5.74) is 3.37. The molecule has 4 heteroatoms. The predicted octanol–water partition coefficient (Wildman–Crippen LogP) is 2.36. The highest BCUT2D eigenvalue weighted by Crippen LogP contribution is 2.44. The largest absolute Gasteiger partial charge is 0.481 e. The van der Waals surface area contributed by atoms with Crippen LogP contribution in [-0.4, -0.2) is 35.0 Å². The quantitative estimate of drug-likeness (QED) is 0.932. The highest BCUT2D eigenvalue weighted by atomic mass is 16.4. The Hall–Kier alpha value is -1.84. The summed E-state index contributed by atoms with van der Waals surface area (Å²) in [6, 6.07) is 6.00. The zero-order chi connectivity index (χ0) is 15.3. The van der Waals surface area contributed by atoms with Gasteiger partial charge >= 0.3 is 5.97 Å². The molecular formula is C18H21NO3. The Kier molecular flexibility index (Phi) is 3.21. The van der Waals surface area contributed by atoms with Gasteiger partial charge in [0.05, 0.1) is 5.92 Å². The number of nitrogens with zero attached hydrogens (tertiary/aromatic N) is 1. The van der Waals surface area contributed by atoms with Crippen molar-refractivity contribution < 1.29 is 14.7 Å². The number of rotatable bonds is 3. The fourth-order valence-electron chi connectivity index (χ4n) is 4.15. The first kappa shape index (κ1) is 13.8. The fraction of sp³-hybridized carbons (Fsp3) is 0.556. The number of carbonyl (C=O) groups excluding carboxylic acids is 1. The number of likely N-dealkylation sites (tertiary alicyclic amines) is 1. The summed E-state index contributed by atoms with van der Waals surface area (Å²) >= 11 is 0. The Balaban J connectivity index is 1.54. The van der Waals surface area contributed by atoms with Gasteiger partial charge in [-0.3, -0.25) is 9.59 Å². The molecule has 2 atom stereocenters. The maximum absolute atomic E-state index is 12.7. The highest BCUT2D eigenvalue weighted by molar-refractivity contribution is 5.95. The maximum atomic E-state index is 12.7. The molecule has 0 unspecified atom stereocenters. The second-order valence-corrected chi connectivity index (χ2v) is 6.99. The topological polar surface area (TPSA) is 57.6 Å². The molecule has 1 aliphatic heterocycles. The Bertz CT molecular complexity index is 635. The first-order chi connectivity index (χ1) is 10.6. The summed E-state index contributed by atoms with van der Waals surface area (Å²) in [5.74, 6) is -0.467. The van der Waals surface area contributed by atoms with E-state index in [9.17, 15) is 14.7 Å². The maximum Gasteiger partial charge on any atom is 0.308 e. The summed E-state index contributed by atoms with van der Waals surface area (Å²) in [6.07, 6.45) is 5.57. The zero-order valence-electron chi connectivity index (χ0n) is 12.6. The predicted molar refractivity (Wildman–Crippen MR) is 81.7 cm³/mol. The summed E-state index contributed by atoms with van der Waals surface area (Å²) in [6.45, 7) is 0.976. The molecule has 1 N–H and O–H groups in total. The van der Waals surface area contributed by atoms with Crippen molar-refractivity contribution in [3.63, 3.8) is 0 Å². The Morgan fingerprint density at radius 1 is 1.09 bits per heavy atom. The van der Waals surface area contributed by atoms with Gasteiger partial charge < -0.3 is 10.0 Å². The number of hydrogen-bond acceptors (Lipinski definition) is 2. The molecule has 0 radical (unpaired) electrons. The van der Waals surface area contributed by atoms with Crippen LogP contribution in [0.5, 0.6) is 0 Å². The minimum atomic E-state index is -0.749. The van der Waals surface area contributed by atoms with Gasteiger partial charge in [0.15, 0.2) is 0 Å². The molecule has 0 spiro atoms. The third-order valence-electron chi connectivity index (χ3n) is 5.54. The van der Waals surface area contributed by atoms with Crippen LogP contribution < -0.4 is 0 Å². The number of hydrogen-bond donors (Lipinski definition) is 1. The molecule has 4 nitrogen and oxygen atoms in total. The van der Waals surface area contributed by atoms with E-state index in [4.69, 9.17) is 0 Å². The molecule has 1 amide bonds. The van der Waals surface area contributed by atoms with Crippen LogP contribution in [-0.2, 0) is 17.6 Å². The lowest BCUT2D eigenvalue weighted by Crippen LogP contribution is -2.30. The molecule has 0 bridgehead atoms. The van der Waals surface area contributed by atoms with Crippen LogP contribution in [0.2, 0.25) is 0 Å². The number of benzene rings is 1. The number of carboxylic acid groups (broad SMARTS) is 1. The van der Waals surface area contributed by atoms with Crippen LogP contribution in [0.25, 0.3) is 0 Å². The average molecular weight is 299 g/mol. The van der Waals surface area contributed by atoms with Crippen LogP contribution in [0, 0.1) is 17.8 Å². The number of carbonyl (C=O) groups is 2. The van der Waals surface area contributed by atoms with E-state index >= 15 is 0 Å². The molecule has 1 aromatic rings. The SMILES string of the molecule is O=C(O)[C@@H]1CN(C(=O)c2ccc3c(c2)CCC3)C[C@H]1C1CC1. The lowest BCUT2D eigenvalue weighted by Gasteiger charge is -2.17. The van der Waals surface area contributed by atoms with Crippen molar-refractivity contribution in [3.05, 3.63) is 34.9 Å². The second kappa shape index (κ2) is 5.11. The van der Waals surface area contributed by atoms with Crippen molar-refractivity contribution in [1.82, 2.24) is 4.90 Å². The van der Waals surface area contributed by atoms with Crippen LogP contribution in [0.15, 0.2) is 18.2 Å². The standard InChI is InChI=1S/C18H21NO3/c20-17(14-7-4-11-2-1-3-13(11)8-14)19-9-15(12-5-6-12)16(10-19)18(21)22/h4,7-8,12,15-16H,1-3,5-6,9-10H2,(H,21,22)/t15-,16+/m0/s1. The van der Waals surface area contributed by atoms with E-state index in [0.717, 1.165) is 31.2 Å². The molecule has 1 heterocycles. The van der Waals surface area contributed by atoms with Crippen LogP contribution in [0.1, 0.15) is 40.7 Å². The fourth-order valence-corrected chi connectivity index (χ4v) is 4.15. The minimum absolute atomic E-state index is 0.00380. The monoisotopic (exact) mass is 299 g/mol. The van der Waals surface area contributed by atoms with Gasteiger partial charge in [-0.15, -0.1) is 0 Å². The molecule has 1 aromatic carbocycles. The van der Waals surface area contributed by atoms with Gasteiger partial charge in [-0.05, 0) is 67.2 Å². The van der Waals surface area contributed by atoms with Crippen LogP contribution in [0.4, 0.5) is 0 Å². The first-order valence-corrected chi connectivity index (χ1v) is 8.27. The van der Waals surface area contributed by atoms with E-state index in [2.05, 4.69) is 6.07 Å². The van der Waals surface area contributed by atoms with Crippen molar-refractivity contribution in [2.75, 3.05) is 13.1 Å². The molecule has 116 valence electrons. The summed E-state index contributed by atoms with van der Waals surface area (Å²) in [7, 11) is 0. The van der Waals surface area contributed by atoms with E-state index in [-0.39, 0.29) is 17.7 Å². The Labute approximate surface area is 130 Å². The normalized spacial score (nSPS) is 27.0. The van der Waals surface area contributed by atoms with Gasteiger partial charge in [0.1, 0.15) is 0 Å². The van der Waals surface area contributed by atoms with Gasteiger partial charge in [-0.25, -0.2) is 0 Å². The molecule has 22 heavy (non-hydrogen) atoms. The van der Waals surface area contributed by atoms with Gasteiger partial charge in [-0.1, -0.05) is 6.07 Å². The Morgan fingerprint density at radius 2 is 1.86 bits per heavy atom. The lowest BCUT2D eigenvalue weighted by atomic mass is 9.92. The van der Waals surface area contributed by atoms with Crippen molar-refractivity contribution in [3.8, 4) is 0 Å². The van der Waals surface area contributed by atoms with E-state index in [0.29, 0.717) is 19.0 Å². The van der Waals surface area contributed by atoms with Gasteiger partial charge in [-0.2, -0.15) is 0 Å². The molecule has 2 aliphatic carbocycles. The van der Waals surface area contributed by atoms with E-state index < -0.39 is 5.97 Å². The summed E-state index contributed by atoms with van der Waals surface area (Å²) < 4.78 is 0. The van der Waals surface area contributed by atoms with Crippen molar-refractivity contribution in [2.24, 2.45) is 17.8 Å². The molecule has 4 rings (SSSR count). The zero-order valence-corrected chi connectivity index (χ0v) is 12.6. The second-order valence-electron chi connectivity index (χ2n) is 6.99. The van der Waals surface area contributed by atoms with Crippen molar-refractivity contribution in [1.29, 1.82) is 0 Å². The minimum Gasteiger partial charge on any atom is -0.481 e. The third-order valence-corrected chi connectivity index (χ3v) is 5.54. The van der Waals surface area contributed by atoms with Gasteiger partial charge in [0.2, 0.25) is 0 Å². The lowest BCUT2D eigenvalue weighted by molar-refractivity contribution is -0.142. The Morgan fingerprint density at radius 3 is 2.59 bits per heavy atom. The van der Waals surface area contributed by atoms with Crippen LogP contribution in [0.3, 0.4) is 0 Å². The molecule has 1 saturated carbocycles. The number of fused-ring (bicyclic) bond motifs is 1. The van der Waals surface area contributed by atoms with E-state index in [1.807, 2.05) is 12.1 Å². The van der Waals surface area contributed by atoms with Crippen molar-refractivity contribution >= 4 is 11.9 Å². The number of aryl methyl sites for hydroxylation is 2. The number of carboxylic acids is 1. The average Bonchev–Trinajstić information content (AvgIpc) is 3.09. The third kappa shape index (κ3) is 2.31. The molecule has 1 saturated heterocycles. The highest BCUT2D eigenvalue weighted by Gasteiger charge is 2.46. The number of amides is 1. The summed E-state index contributed by atoms with van der Waals surface area (Å²) in [4.78, 5) is 26.0. The van der Waals surface area contributed by atoms with Gasteiger partial charge in [0.25, 0.3) is 5.91 Å². The number of aliphatic carboxylic acids is 1.